The van der Waals surface area contributed by atoms with Gasteiger partial charge in [-0.1, -0.05) is 0 Å². The topological polar surface area (TPSA) is 51.0 Å². The van der Waals surface area contributed by atoms with Gasteiger partial charge in [0.05, 0.1) is 6.04 Å². The number of hydrogen-bond donors (Lipinski definition) is 2. The minimum Gasteiger partial charge on any atom is -0.346 e. The maximum absolute atomic E-state index is 11.5. The summed E-state index contributed by atoms with van der Waals surface area (Å²) in [5, 5.41) is 4.35. The fourth-order valence-electron chi connectivity index (χ4n) is 0.555. The zero-order chi connectivity index (χ0) is 8.48. The van der Waals surface area contributed by atoms with Gasteiger partial charge < -0.3 is 10.6 Å². The molecular weight excluding hydrogens is 161 g/mol. The molecule has 0 aromatic heterocycles. The number of rotatable bonds is 2. The lowest BCUT2D eigenvalue weighted by atomic mass is 10.4. The molecule has 1 atom stereocenters. The van der Waals surface area contributed by atoms with E-state index in [-0.39, 0.29) is 0 Å². The van der Waals surface area contributed by atoms with Crippen molar-refractivity contribution in [3.8, 4) is 0 Å². The zero-order valence-electron chi connectivity index (χ0n) is 5.53. The third-order valence-corrected chi connectivity index (χ3v) is 1.19. The first-order valence-electron chi connectivity index (χ1n) is 3.07. The van der Waals surface area contributed by atoms with Crippen LogP contribution in [0.15, 0.2) is 0 Å². The molecule has 11 heavy (non-hydrogen) atoms. The van der Waals surface area contributed by atoms with Gasteiger partial charge in [0.25, 0.3) is 0 Å². The standard InChI is InChI=1S/C5H7F3N2O/c6-5(7,8)2-10-4(11)3-1-9-3/h3,9H,1-2H2,(H,10,11)/t3-/m0/s1. The summed E-state index contributed by atoms with van der Waals surface area (Å²) >= 11 is 0. The van der Waals surface area contributed by atoms with Gasteiger partial charge in [-0.05, 0) is 0 Å². The largest absolute Gasteiger partial charge is 0.405 e. The first-order chi connectivity index (χ1) is 4.99. The molecule has 1 aliphatic heterocycles. The van der Waals surface area contributed by atoms with E-state index < -0.39 is 24.7 Å². The number of carbonyl (C=O) groups excluding carboxylic acids is 1. The second-order valence-corrected chi connectivity index (χ2v) is 2.29. The maximum atomic E-state index is 11.5. The van der Waals surface area contributed by atoms with Crippen LogP contribution in [0.1, 0.15) is 0 Å². The smallest absolute Gasteiger partial charge is 0.346 e. The lowest BCUT2D eigenvalue weighted by molar-refractivity contribution is -0.138. The van der Waals surface area contributed by atoms with Crippen molar-refractivity contribution in [2.24, 2.45) is 0 Å². The van der Waals surface area contributed by atoms with E-state index >= 15 is 0 Å². The van der Waals surface area contributed by atoms with Crippen LogP contribution in [0.25, 0.3) is 0 Å². The molecule has 64 valence electrons. The highest BCUT2D eigenvalue weighted by atomic mass is 19.4. The van der Waals surface area contributed by atoms with Crippen LogP contribution < -0.4 is 10.6 Å². The molecule has 1 heterocycles. The predicted molar refractivity (Wildman–Crippen MR) is 30.9 cm³/mol. The summed E-state index contributed by atoms with van der Waals surface area (Å²) in [4.78, 5) is 10.6. The van der Waals surface area contributed by atoms with Gasteiger partial charge in [0, 0.05) is 6.54 Å². The number of carbonyl (C=O) groups is 1. The van der Waals surface area contributed by atoms with Crippen molar-refractivity contribution >= 4 is 5.91 Å². The van der Waals surface area contributed by atoms with Crippen molar-refractivity contribution < 1.29 is 18.0 Å². The van der Waals surface area contributed by atoms with Crippen molar-refractivity contribution in [1.82, 2.24) is 10.6 Å². The molecule has 0 aromatic rings. The fraction of sp³-hybridized carbons (Fsp3) is 0.800. The van der Waals surface area contributed by atoms with Gasteiger partial charge in [-0.15, -0.1) is 0 Å². The minimum absolute atomic E-state index is 0.405. The van der Waals surface area contributed by atoms with Crippen LogP contribution in [0.5, 0.6) is 0 Å². The lowest BCUT2D eigenvalue weighted by Gasteiger charge is -2.06. The average molecular weight is 168 g/mol. The fourth-order valence-corrected chi connectivity index (χ4v) is 0.555. The molecule has 0 saturated carbocycles. The maximum Gasteiger partial charge on any atom is 0.405 e. The summed E-state index contributed by atoms with van der Waals surface area (Å²) in [6.07, 6.45) is -4.31. The van der Waals surface area contributed by atoms with Gasteiger partial charge in [0.1, 0.15) is 6.54 Å². The van der Waals surface area contributed by atoms with Crippen molar-refractivity contribution in [2.75, 3.05) is 13.1 Å². The van der Waals surface area contributed by atoms with Gasteiger partial charge in [0.2, 0.25) is 5.91 Å². The molecule has 1 amide bonds. The second-order valence-electron chi connectivity index (χ2n) is 2.29. The molecular formula is C5H7F3N2O. The van der Waals surface area contributed by atoms with Crippen molar-refractivity contribution in [3.63, 3.8) is 0 Å². The van der Waals surface area contributed by atoms with Crippen molar-refractivity contribution in [3.05, 3.63) is 0 Å². The molecule has 0 bridgehead atoms. The normalized spacial score (nSPS) is 23.0. The van der Waals surface area contributed by atoms with Crippen LogP contribution in [0.2, 0.25) is 0 Å². The van der Waals surface area contributed by atoms with Gasteiger partial charge in [0.15, 0.2) is 0 Å². The van der Waals surface area contributed by atoms with E-state index in [1.54, 1.807) is 5.32 Å². The number of amides is 1. The Kier molecular flexibility index (Phi) is 2.03. The van der Waals surface area contributed by atoms with Crippen molar-refractivity contribution in [2.45, 2.75) is 12.2 Å². The highest BCUT2D eigenvalue weighted by Gasteiger charge is 2.33. The number of halogens is 3. The number of nitrogens with one attached hydrogen (secondary N) is 2. The molecule has 6 heteroatoms. The average Bonchev–Trinajstić information content (AvgIpc) is 2.61. The summed E-state index contributed by atoms with van der Waals surface area (Å²) in [6, 6.07) is -0.405. The van der Waals surface area contributed by atoms with Gasteiger partial charge in [-0.2, -0.15) is 13.2 Å². The quantitative estimate of drug-likeness (QED) is 0.553. The van der Waals surface area contributed by atoms with E-state index in [2.05, 4.69) is 5.32 Å². The highest BCUT2D eigenvalue weighted by molar-refractivity contribution is 5.84. The molecule has 0 aliphatic carbocycles. The van der Waals surface area contributed by atoms with E-state index in [4.69, 9.17) is 0 Å². The first kappa shape index (κ1) is 8.32. The molecule has 1 rings (SSSR count). The van der Waals surface area contributed by atoms with Gasteiger partial charge >= 0.3 is 6.18 Å². The third kappa shape index (κ3) is 3.22. The summed E-state index contributed by atoms with van der Waals surface area (Å²) in [7, 11) is 0. The lowest BCUT2D eigenvalue weighted by Crippen LogP contribution is -2.37. The van der Waals surface area contributed by atoms with E-state index in [0.29, 0.717) is 6.54 Å². The summed E-state index contributed by atoms with van der Waals surface area (Å²) in [5.41, 5.74) is 0. The number of alkyl halides is 3. The van der Waals surface area contributed by atoms with Crippen LogP contribution in [-0.4, -0.2) is 31.2 Å². The first-order valence-corrected chi connectivity index (χ1v) is 3.07. The molecule has 0 spiro atoms. The SMILES string of the molecule is O=C(NCC(F)(F)F)[C@@H]1CN1. The van der Waals surface area contributed by atoms with Crippen LogP contribution in [-0.2, 0) is 4.79 Å². The summed E-state index contributed by atoms with van der Waals surface area (Å²) in [5.74, 6) is -0.581. The second kappa shape index (κ2) is 2.69. The van der Waals surface area contributed by atoms with Crippen LogP contribution in [0.3, 0.4) is 0 Å². The van der Waals surface area contributed by atoms with Crippen LogP contribution in [0.4, 0.5) is 13.2 Å². The van der Waals surface area contributed by atoms with Gasteiger partial charge in [-0.25, -0.2) is 0 Å². The molecule has 0 aromatic carbocycles. The van der Waals surface area contributed by atoms with Crippen molar-refractivity contribution in [1.29, 1.82) is 0 Å². The Labute approximate surface area is 61.0 Å². The molecule has 3 nitrogen and oxygen atoms in total. The highest BCUT2D eigenvalue weighted by Crippen LogP contribution is 2.12. The molecule has 2 N–H and O–H groups in total. The Balaban J connectivity index is 2.16. The Hall–Kier alpha value is -0.780. The Bertz CT molecular complexity index is 164. The van der Waals surface area contributed by atoms with E-state index in [1.165, 1.54) is 0 Å². The van der Waals surface area contributed by atoms with Crippen LogP contribution in [0, 0.1) is 0 Å². The predicted octanol–water partition coefficient (Wildman–Crippen LogP) is -0.363. The van der Waals surface area contributed by atoms with Crippen LogP contribution >= 0.6 is 0 Å². The minimum atomic E-state index is -4.31. The zero-order valence-corrected chi connectivity index (χ0v) is 5.53. The molecule has 0 radical (unpaired) electrons. The van der Waals surface area contributed by atoms with Gasteiger partial charge in [-0.3, -0.25) is 4.79 Å². The summed E-state index contributed by atoms with van der Waals surface area (Å²) < 4.78 is 34.4. The molecule has 0 unspecified atom stereocenters. The van der Waals surface area contributed by atoms with E-state index in [0.717, 1.165) is 0 Å². The summed E-state index contributed by atoms with van der Waals surface area (Å²) in [6.45, 7) is -0.770. The molecule has 1 aliphatic rings. The molecule has 1 fully saturated rings. The monoisotopic (exact) mass is 168 g/mol. The van der Waals surface area contributed by atoms with E-state index in [1.807, 2.05) is 0 Å². The Morgan fingerprint density at radius 1 is 1.64 bits per heavy atom. The Morgan fingerprint density at radius 2 is 2.18 bits per heavy atom. The van der Waals surface area contributed by atoms with E-state index in [9.17, 15) is 18.0 Å². The number of hydrogen-bond acceptors (Lipinski definition) is 2. The Morgan fingerprint density at radius 3 is 2.55 bits per heavy atom. The molecule has 1 saturated heterocycles. The third-order valence-electron chi connectivity index (χ3n) is 1.19.